The van der Waals surface area contributed by atoms with Gasteiger partial charge in [-0.05, 0) is 6.92 Å². The van der Waals surface area contributed by atoms with Crippen molar-refractivity contribution >= 4 is 8.60 Å². The fourth-order valence-corrected chi connectivity index (χ4v) is 0.747. The van der Waals surface area contributed by atoms with Gasteiger partial charge in [0.2, 0.25) is 0 Å². The number of hydrogen-bond acceptors (Lipinski definition) is 5. The summed E-state index contributed by atoms with van der Waals surface area (Å²) in [5.41, 5.74) is 0. The lowest BCUT2D eigenvalue weighted by molar-refractivity contribution is 0.226. The standard InChI is InChI=1S/C6H12N2.H3O3P/c1-6-7(2)4-5-8(6)3;1-4(2)3/h4-6H,1-3H3;1-3H. The molecule has 0 fully saturated rings. The second-order valence-electron chi connectivity index (χ2n) is 2.53. The lowest BCUT2D eigenvalue weighted by Crippen LogP contribution is -2.30. The third-order valence-electron chi connectivity index (χ3n) is 1.72. The molecule has 72 valence electrons. The van der Waals surface area contributed by atoms with Gasteiger partial charge in [0.05, 0.1) is 6.17 Å². The highest BCUT2D eigenvalue weighted by atomic mass is 31.2. The fourth-order valence-electron chi connectivity index (χ4n) is 0.747. The van der Waals surface area contributed by atoms with Crippen LogP contribution < -0.4 is 0 Å². The number of rotatable bonds is 0. The van der Waals surface area contributed by atoms with Crippen molar-refractivity contribution in [2.45, 2.75) is 13.1 Å². The Kier molecular flexibility index (Phi) is 5.17. The molecule has 1 aliphatic heterocycles. The highest BCUT2D eigenvalue weighted by molar-refractivity contribution is 7.38. The summed E-state index contributed by atoms with van der Waals surface area (Å²) in [6.45, 7) is 2.17. The van der Waals surface area contributed by atoms with Crippen LogP contribution in [0.4, 0.5) is 0 Å². The molecule has 0 aromatic carbocycles. The van der Waals surface area contributed by atoms with Crippen LogP contribution >= 0.6 is 8.60 Å². The predicted molar refractivity (Wildman–Crippen MR) is 47.7 cm³/mol. The normalized spacial score (nSPS) is 16.9. The van der Waals surface area contributed by atoms with Crippen LogP contribution in [-0.2, 0) is 0 Å². The predicted octanol–water partition coefficient (Wildman–Crippen LogP) is -0.129. The molecule has 1 rings (SSSR count). The fraction of sp³-hybridized carbons (Fsp3) is 0.667. The molecule has 3 N–H and O–H groups in total. The Labute approximate surface area is 73.5 Å². The largest absolute Gasteiger partial charge is 0.359 e. The first-order valence-electron chi connectivity index (χ1n) is 3.44. The molecule has 0 amide bonds. The van der Waals surface area contributed by atoms with Crippen molar-refractivity contribution in [2.75, 3.05) is 14.1 Å². The van der Waals surface area contributed by atoms with E-state index in [1.165, 1.54) is 0 Å². The van der Waals surface area contributed by atoms with Crippen molar-refractivity contribution in [1.29, 1.82) is 0 Å². The van der Waals surface area contributed by atoms with Gasteiger partial charge in [0.1, 0.15) is 0 Å². The van der Waals surface area contributed by atoms with E-state index in [9.17, 15) is 0 Å². The summed E-state index contributed by atoms with van der Waals surface area (Å²) in [7, 11) is 1.53. The van der Waals surface area contributed by atoms with Gasteiger partial charge < -0.3 is 24.5 Å². The molecule has 1 aliphatic rings. The maximum absolute atomic E-state index is 7.23. The summed E-state index contributed by atoms with van der Waals surface area (Å²) in [6.07, 6.45) is 4.69. The molecule has 0 unspecified atom stereocenters. The van der Waals surface area contributed by atoms with Gasteiger partial charge in [-0.15, -0.1) is 0 Å². The van der Waals surface area contributed by atoms with Crippen LogP contribution in [0.3, 0.4) is 0 Å². The highest BCUT2D eigenvalue weighted by Gasteiger charge is 2.12. The maximum atomic E-state index is 7.23. The van der Waals surface area contributed by atoms with Gasteiger partial charge in [-0.25, -0.2) is 0 Å². The minimum atomic E-state index is -2.62. The maximum Gasteiger partial charge on any atom is 0.324 e. The molecule has 0 aliphatic carbocycles. The van der Waals surface area contributed by atoms with E-state index in [0.29, 0.717) is 6.17 Å². The summed E-state index contributed by atoms with van der Waals surface area (Å²) < 4.78 is 0. The molecule has 0 radical (unpaired) electrons. The van der Waals surface area contributed by atoms with Crippen molar-refractivity contribution in [2.24, 2.45) is 0 Å². The summed E-state index contributed by atoms with van der Waals surface area (Å²) >= 11 is 0. The van der Waals surface area contributed by atoms with Crippen LogP contribution in [0.2, 0.25) is 0 Å². The van der Waals surface area contributed by atoms with E-state index in [0.717, 1.165) is 0 Å². The van der Waals surface area contributed by atoms with Crippen LogP contribution in [0.1, 0.15) is 6.92 Å². The Morgan fingerprint density at radius 2 is 1.33 bits per heavy atom. The Bertz CT molecular complexity index is 139. The zero-order valence-corrected chi connectivity index (χ0v) is 8.31. The van der Waals surface area contributed by atoms with Gasteiger partial charge in [-0.3, -0.25) is 0 Å². The molecular formula is C6H15N2O3P. The Balaban J connectivity index is 0.000000261. The van der Waals surface area contributed by atoms with Gasteiger partial charge in [0.15, 0.2) is 0 Å². The summed E-state index contributed by atoms with van der Waals surface area (Å²) in [5, 5.41) is 0. The van der Waals surface area contributed by atoms with Crippen molar-refractivity contribution < 1.29 is 14.7 Å². The van der Waals surface area contributed by atoms with E-state index in [4.69, 9.17) is 14.7 Å². The molecule has 0 saturated heterocycles. The zero-order chi connectivity index (χ0) is 9.72. The van der Waals surface area contributed by atoms with E-state index in [2.05, 4.69) is 43.2 Å². The van der Waals surface area contributed by atoms with Crippen molar-refractivity contribution in [3.63, 3.8) is 0 Å². The first-order valence-corrected chi connectivity index (χ1v) is 4.64. The lowest BCUT2D eigenvalue weighted by atomic mass is 10.5. The monoisotopic (exact) mass is 194 g/mol. The highest BCUT2D eigenvalue weighted by Crippen LogP contribution is 2.11. The van der Waals surface area contributed by atoms with Gasteiger partial charge in [0, 0.05) is 26.5 Å². The average molecular weight is 194 g/mol. The lowest BCUT2D eigenvalue weighted by Gasteiger charge is -2.22. The minimum Gasteiger partial charge on any atom is -0.359 e. The SMILES string of the molecule is CC1N(C)C=CN1C.OP(O)O. The van der Waals surface area contributed by atoms with E-state index < -0.39 is 8.60 Å². The average Bonchev–Trinajstić information content (AvgIpc) is 2.19. The molecule has 0 bridgehead atoms. The van der Waals surface area contributed by atoms with E-state index >= 15 is 0 Å². The van der Waals surface area contributed by atoms with Gasteiger partial charge in [0.25, 0.3) is 0 Å². The first-order chi connectivity index (χ1) is 5.45. The molecule has 6 heteroatoms. The summed E-state index contributed by atoms with van der Waals surface area (Å²) in [6, 6.07) is 0. The van der Waals surface area contributed by atoms with Crippen LogP contribution in [0.5, 0.6) is 0 Å². The number of nitrogens with zero attached hydrogens (tertiary/aromatic N) is 2. The Hall–Kier alpha value is -0.350. The summed E-state index contributed by atoms with van der Waals surface area (Å²) in [5.74, 6) is 0. The van der Waals surface area contributed by atoms with Crippen LogP contribution in [0.15, 0.2) is 12.4 Å². The van der Waals surface area contributed by atoms with E-state index in [-0.39, 0.29) is 0 Å². The molecule has 0 saturated carbocycles. The van der Waals surface area contributed by atoms with Gasteiger partial charge in [-0.2, -0.15) is 0 Å². The van der Waals surface area contributed by atoms with Crippen LogP contribution in [0.25, 0.3) is 0 Å². The quantitative estimate of drug-likeness (QED) is 0.469. The Morgan fingerprint density at radius 1 is 1.08 bits per heavy atom. The molecule has 0 aromatic heterocycles. The molecule has 5 nitrogen and oxygen atoms in total. The smallest absolute Gasteiger partial charge is 0.324 e. The topological polar surface area (TPSA) is 67.2 Å². The van der Waals surface area contributed by atoms with Gasteiger partial charge in [-0.1, -0.05) is 0 Å². The van der Waals surface area contributed by atoms with Crippen LogP contribution in [-0.4, -0.2) is 44.7 Å². The summed E-state index contributed by atoms with van der Waals surface area (Å²) in [4.78, 5) is 26.0. The van der Waals surface area contributed by atoms with E-state index in [1.54, 1.807) is 0 Å². The molecule has 0 spiro atoms. The second kappa shape index (κ2) is 5.32. The molecule has 0 atom stereocenters. The zero-order valence-electron chi connectivity index (χ0n) is 7.42. The molecule has 1 heterocycles. The molecule has 0 aromatic rings. The van der Waals surface area contributed by atoms with Gasteiger partial charge >= 0.3 is 8.60 Å². The molecular weight excluding hydrogens is 179 g/mol. The van der Waals surface area contributed by atoms with Crippen molar-refractivity contribution in [1.82, 2.24) is 9.80 Å². The second-order valence-corrected chi connectivity index (χ2v) is 3.07. The first kappa shape index (κ1) is 11.6. The molecule has 12 heavy (non-hydrogen) atoms. The Morgan fingerprint density at radius 3 is 1.42 bits per heavy atom. The third-order valence-corrected chi connectivity index (χ3v) is 1.72. The van der Waals surface area contributed by atoms with Crippen molar-refractivity contribution in [3.05, 3.63) is 12.4 Å². The number of hydrogen-bond donors (Lipinski definition) is 3. The van der Waals surface area contributed by atoms with Crippen LogP contribution in [0, 0.1) is 0 Å². The minimum absolute atomic E-state index is 0.537. The van der Waals surface area contributed by atoms with Crippen molar-refractivity contribution in [3.8, 4) is 0 Å². The third kappa shape index (κ3) is 4.51. The van der Waals surface area contributed by atoms with E-state index in [1.807, 2.05) is 0 Å².